The molecule has 0 aliphatic carbocycles. The van der Waals surface area contributed by atoms with Crippen LogP contribution in [0.15, 0.2) is 85.1 Å². The molecule has 0 atom stereocenters. The lowest BCUT2D eigenvalue weighted by molar-refractivity contribution is 0.0951. The van der Waals surface area contributed by atoms with Gasteiger partial charge in [0, 0.05) is 36.0 Å². The second kappa shape index (κ2) is 9.47. The second-order valence-electron chi connectivity index (χ2n) is 10.1. The van der Waals surface area contributed by atoms with Gasteiger partial charge in [-0.05, 0) is 60.9 Å². The van der Waals surface area contributed by atoms with Crippen LogP contribution in [0.25, 0.3) is 27.7 Å². The number of imidazole rings is 1. The summed E-state index contributed by atoms with van der Waals surface area (Å²) in [5.41, 5.74) is 10.8. The molecule has 0 unspecified atom stereocenters. The van der Waals surface area contributed by atoms with Crippen LogP contribution < -0.4 is 16.4 Å². The van der Waals surface area contributed by atoms with Gasteiger partial charge in [0.15, 0.2) is 0 Å². The summed E-state index contributed by atoms with van der Waals surface area (Å²) in [6, 6.07) is 26.3. The number of nitrogens with zero attached hydrogens (tertiary/aromatic N) is 2. The largest absolute Gasteiger partial charge is 0.365 e. The van der Waals surface area contributed by atoms with E-state index in [1.165, 1.54) is 5.39 Å². The molecule has 36 heavy (non-hydrogen) atoms. The number of hydrogen-bond donors (Lipinski definition) is 3. The smallest absolute Gasteiger partial charge is 0.251 e. The van der Waals surface area contributed by atoms with E-state index in [0.717, 1.165) is 33.6 Å². The van der Waals surface area contributed by atoms with E-state index in [-0.39, 0.29) is 11.4 Å². The van der Waals surface area contributed by atoms with Crippen molar-refractivity contribution in [3.8, 4) is 11.3 Å². The Morgan fingerprint density at radius 2 is 1.69 bits per heavy atom. The third-order valence-electron chi connectivity index (χ3n) is 6.08. The molecule has 5 rings (SSSR count). The number of anilines is 1. The van der Waals surface area contributed by atoms with Crippen LogP contribution in [0.3, 0.4) is 0 Å². The second-order valence-corrected chi connectivity index (χ2v) is 10.1. The first-order valence-electron chi connectivity index (χ1n) is 12.2. The zero-order valence-corrected chi connectivity index (χ0v) is 20.9. The summed E-state index contributed by atoms with van der Waals surface area (Å²) in [4.78, 5) is 17.9. The van der Waals surface area contributed by atoms with Gasteiger partial charge in [0.25, 0.3) is 5.91 Å². The quantitative estimate of drug-likeness (QED) is 0.291. The zero-order chi connectivity index (χ0) is 25.3. The molecule has 4 N–H and O–H groups in total. The number of rotatable bonds is 6. The predicted octanol–water partition coefficient (Wildman–Crippen LogP) is 5.75. The lowest BCUT2D eigenvalue weighted by atomic mass is 10.0. The van der Waals surface area contributed by atoms with Gasteiger partial charge in [-0.25, -0.2) is 4.98 Å². The maximum Gasteiger partial charge on any atom is 0.251 e. The van der Waals surface area contributed by atoms with Gasteiger partial charge in [0.2, 0.25) is 0 Å². The molecule has 5 aromatic rings. The summed E-state index contributed by atoms with van der Waals surface area (Å²) < 4.78 is 2.01. The van der Waals surface area contributed by atoms with E-state index >= 15 is 0 Å². The van der Waals surface area contributed by atoms with E-state index in [0.29, 0.717) is 24.3 Å². The van der Waals surface area contributed by atoms with Gasteiger partial charge in [0.1, 0.15) is 17.2 Å². The SMILES string of the molecule is CC(C)(C)Nc1c(-c2ccc3ccccc3c2)nc2cc(C(=O)NCc3cccc(CN)c3)ccn12. The van der Waals surface area contributed by atoms with Crippen molar-refractivity contribution in [3.05, 3.63) is 102 Å². The van der Waals surface area contributed by atoms with Crippen LogP contribution in [-0.4, -0.2) is 20.8 Å². The van der Waals surface area contributed by atoms with Crippen molar-refractivity contribution in [3.63, 3.8) is 0 Å². The first-order valence-corrected chi connectivity index (χ1v) is 12.2. The summed E-state index contributed by atoms with van der Waals surface area (Å²) in [5, 5.41) is 8.97. The Morgan fingerprint density at radius 3 is 2.47 bits per heavy atom. The topological polar surface area (TPSA) is 84.5 Å². The zero-order valence-electron chi connectivity index (χ0n) is 20.9. The summed E-state index contributed by atoms with van der Waals surface area (Å²) in [7, 11) is 0. The van der Waals surface area contributed by atoms with E-state index < -0.39 is 0 Å². The average molecular weight is 478 g/mol. The molecule has 0 saturated carbocycles. The van der Waals surface area contributed by atoms with Gasteiger partial charge in [-0.1, -0.05) is 60.7 Å². The fourth-order valence-corrected chi connectivity index (χ4v) is 4.35. The number of carbonyl (C=O) groups excluding carboxylic acids is 1. The molecule has 0 radical (unpaired) electrons. The highest BCUT2D eigenvalue weighted by Crippen LogP contribution is 2.33. The minimum atomic E-state index is -0.171. The minimum Gasteiger partial charge on any atom is -0.365 e. The molecule has 1 amide bonds. The summed E-state index contributed by atoms with van der Waals surface area (Å²) in [5.74, 6) is 0.759. The highest BCUT2D eigenvalue weighted by molar-refractivity contribution is 5.95. The highest BCUT2D eigenvalue weighted by Gasteiger charge is 2.20. The lowest BCUT2D eigenvalue weighted by Gasteiger charge is -2.22. The molecule has 3 aromatic carbocycles. The van der Waals surface area contributed by atoms with Crippen molar-refractivity contribution < 1.29 is 4.79 Å². The van der Waals surface area contributed by atoms with Gasteiger partial charge in [-0.15, -0.1) is 0 Å². The van der Waals surface area contributed by atoms with Gasteiger partial charge in [-0.3, -0.25) is 9.20 Å². The minimum absolute atomic E-state index is 0.142. The fraction of sp³-hybridized carbons (Fsp3) is 0.200. The summed E-state index contributed by atoms with van der Waals surface area (Å²) in [6.45, 7) is 7.28. The van der Waals surface area contributed by atoms with Crippen molar-refractivity contribution in [1.29, 1.82) is 0 Å². The Hall–Kier alpha value is -4.16. The average Bonchev–Trinajstić information content (AvgIpc) is 3.23. The molecule has 6 heteroatoms. The number of carbonyl (C=O) groups is 1. The van der Waals surface area contributed by atoms with Gasteiger partial charge < -0.3 is 16.4 Å². The predicted molar refractivity (Wildman–Crippen MR) is 147 cm³/mol. The first-order chi connectivity index (χ1) is 17.3. The number of aromatic nitrogens is 2. The molecule has 2 heterocycles. The first kappa shape index (κ1) is 23.6. The molecule has 0 spiro atoms. The third kappa shape index (κ3) is 4.95. The van der Waals surface area contributed by atoms with Crippen LogP contribution in [0.5, 0.6) is 0 Å². The van der Waals surface area contributed by atoms with Crippen LogP contribution in [0.4, 0.5) is 5.82 Å². The van der Waals surface area contributed by atoms with E-state index in [9.17, 15) is 4.79 Å². The van der Waals surface area contributed by atoms with E-state index in [1.807, 2.05) is 59.1 Å². The Bertz CT molecular complexity index is 1560. The third-order valence-corrected chi connectivity index (χ3v) is 6.08. The number of hydrogen-bond acceptors (Lipinski definition) is 4. The van der Waals surface area contributed by atoms with Crippen LogP contribution in [-0.2, 0) is 13.1 Å². The monoisotopic (exact) mass is 477 g/mol. The molecular weight excluding hydrogens is 446 g/mol. The normalized spacial score (nSPS) is 11.7. The molecule has 0 aliphatic heterocycles. The standard InChI is InChI=1S/C30H31N5O/c1-30(2,3)34-28-27(24-12-11-22-9-4-5-10-23(22)16-24)33-26-17-25(13-14-35(26)28)29(36)32-19-21-8-6-7-20(15-21)18-31/h4-17,34H,18-19,31H2,1-3H3,(H,32,36). The summed E-state index contributed by atoms with van der Waals surface area (Å²) >= 11 is 0. The Morgan fingerprint density at radius 1 is 0.917 bits per heavy atom. The van der Waals surface area contributed by atoms with Crippen molar-refractivity contribution >= 4 is 28.1 Å². The van der Waals surface area contributed by atoms with Crippen molar-refractivity contribution in [2.24, 2.45) is 5.73 Å². The maximum atomic E-state index is 13.0. The molecule has 0 fully saturated rings. The Kier molecular flexibility index (Phi) is 6.20. The molecule has 2 aromatic heterocycles. The molecule has 0 bridgehead atoms. The van der Waals surface area contributed by atoms with E-state index in [4.69, 9.17) is 10.7 Å². The van der Waals surface area contributed by atoms with Crippen molar-refractivity contribution in [2.45, 2.75) is 39.4 Å². The van der Waals surface area contributed by atoms with Crippen LogP contribution in [0.2, 0.25) is 0 Å². The Balaban J connectivity index is 1.49. The molecule has 182 valence electrons. The molecule has 0 saturated heterocycles. The van der Waals surface area contributed by atoms with Crippen molar-refractivity contribution in [1.82, 2.24) is 14.7 Å². The van der Waals surface area contributed by atoms with E-state index in [2.05, 4.69) is 61.7 Å². The molecule has 6 nitrogen and oxygen atoms in total. The van der Waals surface area contributed by atoms with E-state index in [1.54, 1.807) is 0 Å². The Labute approximate surface area is 211 Å². The number of nitrogens with one attached hydrogen (secondary N) is 2. The maximum absolute atomic E-state index is 13.0. The number of benzene rings is 3. The van der Waals surface area contributed by atoms with Gasteiger partial charge in [-0.2, -0.15) is 0 Å². The molecular formula is C30H31N5O. The highest BCUT2D eigenvalue weighted by atomic mass is 16.1. The lowest BCUT2D eigenvalue weighted by Crippen LogP contribution is -2.27. The summed E-state index contributed by atoms with van der Waals surface area (Å²) in [6.07, 6.45) is 1.91. The number of fused-ring (bicyclic) bond motifs is 2. The van der Waals surface area contributed by atoms with Gasteiger partial charge in [0.05, 0.1) is 0 Å². The number of amides is 1. The van der Waals surface area contributed by atoms with Crippen LogP contribution in [0.1, 0.15) is 42.3 Å². The number of nitrogens with two attached hydrogens (primary N) is 1. The van der Waals surface area contributed by atoms with Crippen molar-refractivity contribution in [2.75, 3.05) is 5.32 Å². The van der Waals surface area contributed by atoms with Crippen LogP contribution >= 0.6 is 0 Å². The number of pyridine rings is 1. The van der Waals surface area contributed by atoms with Crippen LogP contribution in [0, 0.1) is 0 Å². The molecule has 0 aliphatic rings. The van der Waals surface area contributed by atoms with Gasteiger partial charge >= 0.3 is 0 Å². The fourth-order valence-electron chi connectivity index (χ4n) is 4.35.